The van der Waals surface area contributed by atoms with Crippen molar-refractivity contribution >= 4 is 0 Å². The van der Waals surface area contributed by atoms with Crippen LogP contribution >= 0.6 is 0 Å². The Morgan fingerprint density at radius 2 is 1.81 bits per heavy atom. The lowest BCUT2D eigenvalue weighted by Crippen LogP contribution is -2.26. The number of allylic oxidation sites excluding steroid dienone is 1. The van der Waals surface area contributed by atoms with E-state index in [2.05, 4.69) is 18.3 Å². The highest BCUT2D eigenvalue weighted by Gasteiger charge is 2.23. The molecule has 1 N–H and O–H groups in total. The molecule has 1 unspecified atom stereocenters. The third-order valence-corrected chi connectivity index (χ3v) is 4.08. The third kappa shape index (κ3) is 4.37. The summed E-state index contributed by atoms with van der Waals surface area (Å²) in [4.78, 5) is 0. The number of hydrogen-bond acceptors (Lipinski definition) is 1. The molecule has 0 fully saturated rings. The van der Waals surface area contributed by atoms with E-state index in [0.717, 1.165) is 37.8 Å². The van der Waals surface area contributed by atoms with Crippen LogP contribution in [0.15, 0.2) is 29.8 Å². The van der Waals surface area contributed by atoms with Gasteiger partial charge in [0.25, 0.3) is 0 Å². The molecule has 0 heterocycles. The van der Waals surface area contributed by atoms with Crippen molar-refractivity contribution in [3.63, 3.8) is 0 Å². The van der Waals surface area contributed by atoms with Crippen LogP contribution in [-0.2, 0) is 0 Å². The van der Waals surface area contributed by atoms with Gasteiger partial charge in [0.15, 0.2) is 0 Å². The molecule has 0 aliphatic heterocycles. The molecule has 1 atom stereocenters. The Morgan fingerprint density at radius 1 is 1.10 bits per heavy atom. The first-order chi connectivity index (χ1) is 10.2. The summed E-state index contributed by atoms with van der Waals surface area (Å²) < 4.78 is 28.3. The van der Waals surface area contributed by atoms with Gasteiger partial charge in [0, 0.05) is 5.56 Å². The lowest BCUT2D eigenvalue weighted by atomic mass is 9.90. The minimum Gasteiger partial charge on any atom is -0.306 e. The lowest BCUT2D eigenvalue weighted by molar-refractivity contribution is 0.482. The van der Waals surface area contributed by atoms with Crippen molar-refractivity contribution in [2.45, 2.75) is 57.9 Å². The third-order valence-electron chi connectivity index (χ3n) is 4.08. The summed E-state index contributed by atoms with van der Waals surface area (Å²) in [7, 11) is 0. The molecule has 21 heavy (non-hydrogen) atoms. The van der Waals surface area contributed by atoms with Crippen molar-refractivity contribution < 1.29 is 8.78 Å². The average Bonchev–Trinajstić information content (AvgIpc) is 2.42. The Balaban J connectivity index is 2.32. The van der Waals surface area contributed by atoms with E-state index < -0.39 is 11.6 Å². The Bertz CT molecular complexity index is 462. The van der Waals surface area contributed by atoms with Gasteiger partial charge in [-0.3, -0.25) is 0 Å². The fraction of sp³-hybridized carbons (Fsp3) is 0.556. The summed E-state index contributed by atoms with van der Waals surface area (Å²) in [5.41, 5.74) is 1.32. The van der Waals surface area contributed by atoms with Crippen LogP contribution in [0.25, 0.3) is 0 Å². The maximum Gasteiger partial charge on any atom is 0.131 e. The molecule has 116 valence electrons. The maximum atomic E-state index is 14.2. The molecule has 1 aromatic rings. The summed E-state index contributed by atoms with van der Waals surface area (Å²) >= 11 is 0. The smallest absolute Gasteiger partial charge is 0.131 e. The van der Waals surface area contributed by atoms with Crippen molar-refractivity contribution in [2.24, 2.45) is 0 Å². The van der Waals surface area contributed by atoms with Crippen molar-refractivity contribution in [3.8, 4) is 0 Å². The molecule has 0 saturated carbocycles. The van der Waals surface area contributed by atoms with E-state index in [0.29, 0.717) is 0 Å². The molecule has 1 aliphatic carbocycles. The van der Waals surface area contributed by atoms with Gasteiger partial charge in [-0.15, -0.1) is 0 Å². The fourth-order valence-electron chi connectivity index (χ4n) is 2.97. The molecule has 0 saturated heterocycles. The second-order valence-corrected chi connectivity index (χ2v) is 5.75. The van der Waals surface area contributed by atoms with Crippen LogP contribution in [0.4, 0.5) is 8.78 Å². The van der Waals surface area contributed by atoms with E-state index in [4.69, 9.17) is 0 Å². The lowest BCUT2D eigenvalue weighted by Gasteiger charge is -2.25. The molecule has 1 nitrogen and oxygen atoms in total. The van der Waals surface area contributed by atoms with E-state index in [-0.39, 0.29) is 11.6 Å². The van der Waals surface area contributed by atoms with Gasteiger partial charge in [-0.1, -0.05) is 37.5 Å². The molecule has 2 rings (SSSR count). The van der Waals surface area contributed by atoms with Crippen LogP contribution in [0.2, 0.25) is 0 Å². The Hall–Kier alpha value is -1.22. The van der Waals surface area contributed by atoms with Gasteiger partial charge in [0.2, 0.25) is 0 Å². The minimum atomic E-state index is -0.452. The second-order valence-electron chi connectivity index (χ2n) is 5.75. The monoisotopic (exact) mass is 293 g/mol. The molecule has 1 aliphatic rings. The van der Waals surface area contributed by atoms with Gasteiger partial charge in [-0.2, -0.15) is 0 Å². The zero-order chi connectivity index (χ0) is 15.1. The zero-order valence-electron chi connectivity index (χ0n) is 12.8. The normalized spacial score (nSPS) is 20.2. The Morgan fingerprint density at radius 3 is 2.52 bits per heavy atom. The molecule has 0 radical (unpaired) electrons. The topological polar surface area (TPSA) is 12.0 Å². The first kappa shape index (κ1) is 16.2. The average molecular weight is 293 g/mol. The van der Waals surface area contributed by atoms with Gasteiger partial charge in [0.1, 0.15) is 11.6 Å². The van der Waals surface area contributed by atoms with Crippen LogP contribution < -0.4 is 5.32 Å². The highest BCUT2D eigenvalue weighted by molar-refractivity contribution is 5.31. The van der Waals surface area contributed by atoms with Crippen LogP contribution in [0.3, 0.4) is 0 Å². The Labute approximate surface area is 126 Å². The summed E-state index contributed by atoms with van der Waals surface area (Å²) in [6.07, 6.45) is 9.81. The van der Waals surface area contributed by atoms with E-state index >= 15 is 0 Å². The van der Waals surface area contributed by atoms with Gasteiger partial charge in [0.05, 0.1) is 6.04 Å². The van der Waals surface area contributed by atoms with Gasteiger partial charge < -0.3 is 5.32 Å². The van der Waals surface area contributed by atoms with Gasteiger partial charge in [-0.25, -0.2) is 8.78 Å². The van der Waals surface area contributed by atoms with E-state index in [1.165, 1.54) is 37.5 Å². The predicted molar refractivity (Wildman–Crippen MR) is 83.2 cm³/mol. The number of benzene rings is 1. The van der Waals surface area contributed by atoms with Gasteiger partial charge in [-0.05, 0) is 50.8 Å². The van der Waals surface area contributed by atoms with Gasteiger partial charge >= 0.3 is 0 Å². The number of hydrogen-bond donors (Lipinski definition) is 1. The molecule has 0 amide bonds. The molecule has 0 aromatic heterocycles. The number of rotatable bonds is 5. The molecule has 1 aromatic carbocycles. The van der Waals surface area contributed by atoms with Crippen LogP contribution in [0.1, 0.15) is 63.5 Å². The van der Waals surface area contributed by atoms with Crippen molar-refractivity contribution in [1.82, 2.24) is 5.32 Å². The molecular weight excluding hydrogens is 268 g/mol. The minimum absolute atomic E-state index is 0.178. The zero-order valence-corrected chi connectivity index (χ0v) is 12.8. The van der Waals surface area contributed by atoms with Crippen molar-refractivity contribution in [1.29, 1.82) is 0 Å². The first-order valence-electron chi connectivity index (χ1n) is 8.10. The highest BCUT2D eigenvalue weighted by atomic mass is 19.1. The maximum absolute atomic E-state index is 14.2. The van der Waals surface area contributed by atoms with E-state index in [9.17, 15) is 8.78 Å². The summed E-state index contributed by atoms with van der Waals surface area (Å²) in [5, 5.41) is 3.34. The van der Waals surface area contributed by atoms with E-state index in [1.807, 2.05) is 0 Å². The van der Waals surface area contributed by atoms with Crippen LogP contribution in [-0.4, -0.2) is 6.54 Å². The number of halogens is 2. The SMILES string of the molecule is CCCNC(/C1=C/CCCCCC1)c1c(F)cccc1F. The first-order valence-corrected chi connectivity index (χ1v) is 8.10. The quantitative estimate of drug-likeness (QED) is 0.728. The molecule has 0 spiro atoms. The van der Waals surface area contributed by atoms with Crippen molar-refractivity contribution in [3.05, 3.63) is 47.0 Å². The summed E-state index contributed by atoms with van der Waals surface area (Å²) in [6.45, 7) is 2.82. The molecular formula is C18H25F2N. The second kappa shape index (κ2) is 8.28. The van der Waals surface area contributed by atoms with E-state index in [1.54, 1.807) is 0 Å². The largest absolute Gasteiger partial charge is 0.306 e. The fourth-order valence-corrected chi connectivity index (χ4v) is 2.97. The van der Waals surface area contributed by atoms with Crippen LogP contribution in [0, 0.1) is 11.6 Å². The summed E-state index contributed by atoms with van der Waals surface area (Å²) in [5.74, 6) is -0.905. The Kier molecular flexibility index (Phi) is 6.37. The van der Waals surface area contributed by atoms with Crippen LogP contribution in [0.5, 0.6) is 0 Å². The molecule has 0 bridgehead atoms. The number of nitrogens with one attached hydrogen (secondary N) is 1. The highest BCUT2D eigenvalue weighted by Crippen LogP contribution is 2.31. The standard InChI is InChI=1S/C18H25F2N/c1-2-13-21-18(14-9-6-4-3-5-7-10-14)17-15(19)11-8-12-16(17)20/h8-9,11-12,18,21H,2-7,10,13H2,1H3/b14-9+. The molecule has 3 heteroatoms. The van der Waals surface area contributed by atoms with Crippen molar-refractivity contribution in [2.75, 3.05) is 6.54 Å². The predicted octanol–water partition coefficient (Wildman–Crippen LogP) is 5.29. The summed E-state index contributed by atoms with van der Waals surface area (Å²) in [6, 6.07) is 3.80.